The molecule has 7 nitrogen and oxygen atoms in total. The van der Waals surface area contributed by atoms with E-state index in [1.807, 2.05) is 29.2 Å². The number of benzene rings is 2. The van der Waals surface area contributed by atoms with Gasteiger partial charge in [-0.2, -0.15) is 0 Å². The summed E-state index contributed by atoms with van der Waals surface area (Å²) in [4.78, 5) is 26.6. The van der Waals surface area contributed by atoms with Gasteiger partial charge >= 0.3 is 5.97 Å². The van der Waals surface area contributed by atoms with Gasteiger partial charge in [0.15, 0.2) is 0 Å². The van der Waals surface area contributed by atoms with Crippen LogP contribution >= 0.6 is 11.6 Å². The molecule has 1 aliphatic rings. The maximum atomic E-state index is 11.5. The molecule has 2 aromatic rings. The molecule has 0 radical (unpaired) electrons. The molecule has 146 valence electrons. The molecule has 0 bridgehead atoms. The third kappa shape index (κ3) is 3.94. The first-order valence-corrected chi connectivity index (χ1v) is 9.18. The highest BCUT2D eigenvalue weighted by atomic mass is 35.5. The molecular formula is C20H21ClN4O3. The summed E-state index contributed by atoms with van der Waals surface area (Å²) < 4.78 is 0. The Balaban J connectivity index is 1.84. The fraction of sp³-hybridized carbons (Fsp3) is 0.250. The second kappa shape index (κ2) is 7.90. The number of carbonyl (C=O) groups is 2. The summed E-state index contributed by atoms with van der Waals surface area (Å²) in [5, 5.41) is 17.2. The van der Waals surface area contributed by atoms with Crippen LogP contribution < -0.4 is 10.6 Å². The highest BCUT2D eigenvalue weighted by Gasteiger charge is 2.20. The van der Waals surface area contributed by atoms with Gasteiger partial charge in [0.05, 0.1) is 5.02 Å². The average molecular weight is 401 g/mol. The Bertz CT molecular complexity index is 935. The van der Waals surface area contributed by atoms with Crippen LogP contribution in [0.5, 0.6) is 0 Å². The Labute approximate surface area is 167 Å². The van der Waals surface area contributed by atoms with Crippen molar-refractivity contribution in [2.24, 2.45) is 0 Å². The van der Waals surface area contributed by atoms with Crippen LogP contribution in [-0.4, -0.2) is 53.8 Å². The van der Waals surface area contributed by atoms with E-state index in [9.17, 15) is 9.59 Å². The Hall–Kier alpha value is -3.06. The Kier molecular flexibility index (Phi) is 5.56. The van der Waals surface area contributed by atoms with Crippen molar-refractivity contribution in [3.8, 4) is 11.1 Å². The third-order valence-electron chi connectivity index (χ3n) is 4.89. The summed E-state index contributed by atoms with van der Waals surface area (Å²) >= 11 is 6.31. The van der Waals surface area contributed by atoms with Crippen molar-refractivity contribution >= 4 is 40.6 Å². The normalized spacial score (nSPS) is 14.1. The van der Waals surface area contributed by atoms with Crippen molar-refractivity contribution in [2.75, 3.05) is 36.8 Å². The zero-order chi connectivity index (χ0) is 20.4. The van der Waals surface area contributed by atoms with E-state index in [4.69, 9.17) is 27.9 Å². The standard InChI is InChI=1S/C20H21ClN4O3/c1-12(26)24-6-8-25(9-7-24)14-4-2-13(3-5-14)15-10-16(19(23)20(27)28)18(22)11-17(15)21/h2-5,10-11,23H,6-9,22H2,1H3,(H,27,28). The highest BCUT2D eigenvalue weighted by Crippen LogP contribution is 2.33. The minimum absolute atomic E-state index is 0.0933. The van der Waals surface area contributed by atoms with Gasteiger partial charge in [0.1, 0.15) is 5.71 Å². The lowest BCUT2D eigenvalue weighted by atomic mass is 9.99. The van der Waals surface area contributed by atoms with Gasteiger partial charge < -0.3 is 20.6 Å². The molecule has 0 atom stereocenters. The number of halogens is 1. The fourth-order valence-electron chi connectivity index (χ4n) is 3.27. The van der Waals surface area contributed by atoms with Gasteiger partial charge in [-0.3, -0.25) is 10.2 Å². The number of rotatable bonds is 4. The number of nitrogens with zero attached hydrogens (tertiary/aromatic N) is 2. The number of nitrogens with one attached hydrogen (secondary N) is 1. The molecule has 1 fully saturated rings. The maximum Gasteiger partial charge on any atom is 0.354 e. The first-order valence-electron chi connectivity index (χ1n) is 8.80. The third-order valence-corrected chi connectivity index (χ3v) is 5.20. The monoisotopic (exact) mass is 400 g/mol. The Morgan fingerprint density at radius 3 is 2.25 bits per heavy atom. The SMILES string of the molecule is CC(=O)N1CCN(c2ccc(-c3cc(C(=N)C(=O)O)c(N)cc3Cl)cc2)CC1. The molecule has 1 heterocycles. The first kappa shape index (κ1) is 19.7. The lowest BCUT2D eigenvalue weighted by Crippen LogP contribution is -2.48. The van der Waals surface area contributed by atoms with E-state index in [0.29, 0.717) is 23.7 Å². The smallest absolute Gasteiger partial charge is 0.354 e. The summed E-state index contributed by atoms with van der Waals surface area (Å²) in [6, 6.07) is 10.7. The van der Waals surface area contributed by atoms with Crippen molar-refractivity contribution in [3.05, 3.63) is 47.0 Å². The lowest BCUT2D eigenvalue weighted by molar-refractivity contribution is -0.130. The first-order chi connectivity index (χ1) is 13.3. The molecular weight excluding hydrogens is 380 g/mol. The number of nitrogens with two attached hydrogens (primary N) is 1. The minimum atomic E-state index is -1.35. The Morgan fingerprint density at radius 1 is 1.11 bits per heavy atom. The van der Waals surface area contributed by atoms with Gasteiger partial charge in [-0.05, 0) is 29.8 Å². The van der Waals surface area contributed by atoms with Gasteiger partial charge in [0.2, 0.25) is 5.91 Å². The molecule has 28 heavy (non-hydrogen) atoms. The van der Waals surface area contributed by atoms with E-state index in [0.717, 1.165) is 24.3 Å². The second-order valence-electron chi connectivity index (χ2n) is 6.64. The molecule has 0 spiro atoms. The predicted molar refractivity (Wildman–Crippen MR) is 110 cm³/mol. The molecule has 0 aliphatic carbocycles. The number of amides is 1. The van der Waals surface area contributed by atoms with E-state index >= 15 is 0 Å². The van der Waals surface area contributed by atoms with Crippen molar-refractivity contribution in [1.29, 1.82) is 5.41 Å². The molecule has 0 aromatic heterocycles. The van der Waals surface area contributed by atoms with E-state index in [2.05, 4.69) is 4.90 Å². The van der Waals surface area contributed by atoms with Crippen LogP contribution in [0.15, 0.2) is 36.4 Å². The van der Waals surface area contributed by atoms with Crippen molar-refractivity contribution in [1.82, 2.24) is 4.90 Å². The number of carbonyl (C=O) groups excluding carboxylic acids is 1. The molecule has 1 amide bonds. The predicted octanol–water partition coefficient (Wildman–Crippen LogP) is 2.71. The van der Waals surface area contributed by atoms with Crippen LogP contribution in [0.25, 0.3) is 11.1 Å². The maximum absolute atomic E-state index is 11.5. The minimum Gasteiger partial charge on any atom is -0.477 e. The molecule has 2 aromatic carbocycles. The number of hydrogen-bond acceptors (Lipinski definition) is 5. The van der Waals surface area contributed by atoms with Crippen LogP contribution in [0.1, 0.15) is 12.5 Å². The number of anilines is 2. The quantitative estimate of drug-likeness (QED) is 0.539. The molecule has 0 unspecified atom stereocenters. The summed E-state index contributed by atoms with van der Waals surface area (Å²) in [5.74, 6) is -1.25. The Morgan fingerprint density at radius 2 is 1.71 bits per heavy atom. The van der Waals surface area contributed by atoms with Crippen LogP contribution in [-0.2, 0) is 9.59 Å². The number of carboxylic acids is 1. The van der Waals surface area contributed by atoms with E-state index in [1.165, 1.54) is 12.1 Å². The topological polar surface area (TPSA) is 111 Å². The zero-order valence-corrected chi connectivity index (χ0v) is 16.2. The van der Waals surface area contributed by atoms with Gasteiger partial charge in [-0.1, -0.05) is 23.7 Å². The van der Waals surface area contributed by atoms with Gasteiger partial charge in [0.25, 0.3) is 0 Å². The summed E-state index contributed by atoms with van der Waals surface area (Å²) in [5.41, 5.74) is 8.01. The van der Waals surface area contributed by atoms with Crippen LogP contribution in [0, 0.1) is 5.41 Å². The van der Waals surface area contributed by atoms with Crippen molar-refractivity contribution in [2.45, 2.75) is 6.92 Å². The summed E-state index contributed by atoms with van der Waals surface area (Å²) in [7, 11) is 0. The highest BCUT2D eigenvalue weighted by molar-refractivity contribution is 6.43. The fourth-order valence-corrected chi connectivity index (χ4v) is 3.55. The van der Waals surface area contributed by atoms with E-state index in [-0.39, 0.29) is 17.2 Å². The van der Waals surface area contributed by atoms with Gasteiger partial charge in [-0.15, -0.1) is 0 Å². The number of piperazine rings is 1. The van der Waals surface area contributed by atoms with Crippen LogP contribution in [0.4, 0.5) is 11.4 Å². The number of hydrogen-bond donors (Lipinski definition) is 3. The van der Waals surface area contributed by atoms with Gasteiger partial charge in [-0.25, -0.2) is 4.79 Å². The molecule has 1 saturated heterocycles. The average Bonchev–Trinajstić information content (AvgIpc) is 2.68. The number of nitrogen functional groups attached to an aromatic ring is 1. The molecule has 4 N–H and O–H groups in total. The van der Waals surface area contributed by atoms with Crippen LogP contribution in [0.2, 0.25) is 5.02 Å². The largest absolute Gasteiger partial charge is 0.477 e. The zero-order valence-electron chi connectivity index (χ0n) is 15.4. The molecule has 0 saturated carbocycles. The number of carboxylic acid groups (broad SMARTS) is 1. The van der Waals surface area contributed by atoms with Crippen LogP contribution in [0.3, 0.4) is 0 Å². The van der Waals surface area contributed by atoms with E-state index < -0.39 is 11.7 Å². The van der Waals surface area contributed by atoms with Crippen molar-refractivity contribution in [3.63, 3.8) is 0 Å². The van der Waals surface area contributed by atoms with Gasteiger partial charge in [0, 0.05) is 55.6 Å². The molecule has 1 aliphatic heterocycles. The molecule has 3 rings (SSSR count). The van der Waals surface area contributed by atoms with Crippen molar-refractivity contribution < 1.29 is 14.7 Å². The second-order valence-corrected chi connectivity index (χ2v) is 7.05. The summed E-state index contributed by atoms with van der Waals surface area (Å²) in [6.45, 7) is 4.51. The lowest BCUT2D eigenvalue weighted by Gasteiger charge is -2.35. The molecule has 8 heteroatoms. The van der Waals surface area contributed by atoms with E-state index in [1.54, 1.807) is 6.92 Å². The summed E-state index contributed by atoms with van der Waals surface area (Å²) in [6.07, 6.45) is 0. The number of aliphatic carboxylic acids is 1.